The third kappa shape index (κ3) is 3.02. The van der Waals surface area contributed by atoms with E-state index < -0.39 is 17.4 Å². The first-order valence-corrected chi connectivity index (χ1v) is 12.3. The number of carbonyl (C=O) groups is 2. The molecule has 0 bridgehead atoms. The molecule has 1 spiro atoms. The predicted octanol–water partition coefficient (Wildman–Crippen LogP) is 5.50. The van der Waals surface area contributed by atoms with Crippen molar-refractivity contribution in [3.63, 3.8) is 0 Å². The number of rotatable bonds is 4. The molecule has 6 nitrogen and oxygen atoms in total. The highest BCUT2D eigenvalue weighted by Gasteiger charge is 2.64. The summed E-state index contributed by atoms with van der Waals surface area (Å²) in [5.74, 6) is -1.03. The largest absolute Gasteiger partial charge is 0.450 e. The summed E-state index contributed by atoms with van der Waals surface area (Å²) in [5.41, 5.74) is 2.08. The van der Waals surface area contributed by atoms with Crippen LogP contribution in [-0.4, -0.2) is 23.3 Å². The van der Waals surface area contributed by atoms with Gasteiger partial charge in [-0.1, -0.05) is 54.1 Å². The molecule has 0 N–H and O–H groups in total. The molecular formula is C30H23ClN2O4. The molecule has 37 heavy (non-hydrogen) atoms. The van der Waals surface area contributed by atoms with Crippen molar-refractivity contribution in [1.82, 2.24) is 4.90 Å². The van der Waals surface area contributed by atoms with E-state index in [0.717, 1.165) is 16.7 Å². The molecule has 0 aliphatic carbocycles. The summed E-state index contributed by atoms with van der Waals surface area (Å²) < 4.78 is 6.12. The minimum atomic E-state index is -1.67. The molecule has 0 radical (unpaired) electrons. The van der Waals surface area contributed by atoms with Crippen LogP contribution in [0, 0.1) is 13.8 Å². The predicted molar refractivity (Wildman–Crippen MR) is 143 cm³/mol. The summed E-state index contributed by atoms with van der Waals surface area (Å²) in [6.45, 7) is 7.87. The van der Waals surface area contributed by atoms with Crippen molar-refractivity contribution in [2.24, 2.45) is 0 Å². The number of fused-ring (bicyclic) bond motifs is 5. The van der Waals surface area contributed by atoms with Gasteiger partial charge in [-0.2, -0.15) is 0 Å². The van der Waals surface area contributed by atoms with Crippen molar-refractivity contribution in [3.8, 4) is 0 Å². The van der Waals surface area contributed by atoms with Crippen LogP contribution in [0.5, 0.6) is 0 Å². The van der Waals surface area contributed by atoms with Crippen LogP contribution in [0.3, 0.4) is 0 Å². The van der Waals surface area contributed by atoms with Crippen LogP contribution >= 0.6 is 11.6 Å². The van der Waals surface area contributed by atoms with E-state index in [0.29, 0.717) is 27.2 Å². The summed E-state index contributed by atoms with van der Waals surface area (Å²) in [6.07, 6.45) is 1.55. The second-order valence-electron chi connectivity index (χ2n) is 9.48. The number of anilines is 1. The van der Waals surface area contributed by atoms with E-state index in [2.05, 4.69) is 6.58 Å². The van der Waals surface area contributed by atoms with E-state index in [1.807, 2.05) is 44.2 Å². The lowest BCUT2D eigenvalue weighted by atomic mass is 9.84. The van der Waals surface area contributed by atoms with Crippen LogP contribution < -0.4 is 10.3 Å². The summed E-state index contributed by atoms with van der Waals surface area (Å²) in [5, 5.41) is 0.861. The van der Waals surface area contributed by atoms with Gasteiger partial charge in [0.15, 0.2) is 11.0 Å². The molecule has 2 aliphatic rings. The summed E-state index contributed by atoms with van der Waals surface area (Å²) >= 11 is 6.45. The Morgan fingerprint density at radius 1 is 1.00 bits per heavy atom. The van der Waals surface area contributed by atoms with E-state index in [4.69, 9.17) is 16.0 Å². The monoisotopic (exact) mass is 510 g/mol. The molecular weight excluding hydrogens is 488 g/mol. The lowest BCUT2D eigenvalue weighted by Gasteiger charge is -2.33. The van der Waals surface area contributed by atoms with Crippen LogP contribution in [-0.2, 0) is 16.9 Å². The number of amides is 2. The summed E-state index contributed by atoms with van der Waals surface area (Å²) in [6, 6.07) is 18.1. The Morgan fingerprint density at radius 3 is 2.46 bits per heavy atom. The lowest BCUT2D eigenvalue weighted by Crippen LogP contribution is -2.53. The molecule has 6 rings (SSSR count). The highest BCUT2D eigenvalue weighted by Crippen LogP contribution is 2.53. The summed E-state index contributed by atoms with van der Waals surface area (Å²) in [4.78, 5) is 45.6. The van der Waals surface area contributed by atoms with E-state index in [-0.39, 0.29) is 29.8 Å². The van der Waals surface area contributed by atoms with Gasteiger partial charge in [-0.25, -0.2) is 0 Å². The quantitative estimate of drug-likeness (QED) is 0.340. The van der Waals surface area contributed by atoms with Gasteiger partial charge in [0.05, 0.1) is 23.2 Å². The molecule has 4 aromatic rings. The number of nitrogens with zero attached hydrogens (tertiary/aromatic N) is 2. The molecule has 0 saturated heterocycles. The van der Waals surface area contributed by atoms with Crippen molar-refractivity contribution in [2.45, 2.75) is 25.9 Å². The third-order valence-corrected chi connectivity index (χ3v) is 7.82. The molecule has 1 unspecified atom stereocenters. The van der Waals surface area contributed by atoms with E-state index in [1.54, 1.807) is 41.3 Å². The maximum absolute atomic E-state index is 14.6. The Kier molecular flexibility index (Phi) is 5.14. The molecule has 3 heterocycles. The molecule has 0 fully saturated rings. The van der Waals surface area contributed by atoms with Crippen molar-refractivity contribution in [1.29, 1.82) is 0 Å². The van der Waals surface area contributed by atoms with E-state index >= 15 is 0 Å². The van der Waals surface area contributed by atoms with Crippen LogP contribution in [0.25, 0.3) is 11.0 Å². The number of carbonyl (C=O) groups excluding carboxylic acids is 2. The van der Waals surface area contributed by atoms with Crippen molar-refractivity contribution < 1.29 is 14.0 Å². The zero-order valence-corrected chi connectivity index (χ0v) is 21.1. The fraction of sp³-hybridized carbons (Fsp3) is 0.167. The molecule has 1 aromatic heterocycles. The average molecular weight is 511 g/mol. The molecule has 2 aliphatic heterocycles. The van der Waals surface area contributed by atoms with Crippen LogP contribution in [0.1, 0.15) is 38.4 Å². The number of halogens is 1. The van der Waals surface area contributed by atoms with Gasteiger partial charge in [-0.15, -0.1) is 6.58 Å². The van der Waals surface area contributed by atoms with Crippen LogP contribution in [0.15, 0.2) is 82.5 Å². The summed E-state index contributed by atoms with van der Waals surface area (Å²) in [7, 11) is 0. The topological polar surface area (TPSA) is 70.8 Å². The lowest BCUT2D eigenvalue weighted by molar-refractivity contribution is -0.126. The van der Waals surface area contributed by atoms with Gasteiger partial charge in [0.2, 0.25) is 5.76 Å². The highest BCUT2D eigenvalue weighted by molar-refractivity contribution is 6.31. The average Bonchev–Trinajstić information content (AvgIpc) is 3.27. The zero-order chi connectivity index (χ0) is 26.1. The Hall–Kier alpha value is -4.16. The minimum Gasteiger partial charge on any atom is -0.450 e. The van der Waals surface area contributed by atoms with Gasteiger partial charge < -0.3 is 14.2 Å². The number of aryl methyl sites for hydroxylation is 2. The van der Waals surface area contributed by atoms with Crippen molar-refractivity contribution in [2.75, 3.05) is 11.4 Å². The first-order chi connectivity index (χ1) is 17.8. The fourth-order valence-electron chi connectivity index (χ4n) is 5.58. The molecule has 1 atom stereocenters. The Labute approximate surface area is 218 Å². The SMILES string of the molecule is C=CCN1C(=O)c2oc3cc(C)c(C)cc3c(=O)c2C12C(=O)N(Cc1ccccc1Cl)c1ccccc12. The fourth-order valence-corrected chi connectivity index (χ4v) is 5.78. The second-order valence-corrected chi connectivity index (χ2v) is 9.89. The number of hydrogen-bond donors (Lipinski definition) is 0. The number of hydrogen-bond acceptors (Lipinski definition) is 4. The van der Waals surface area contributed by atoms with Gasteiger partial charge in [-0.3, -0.25) is 14.4 Å². The van der Waals surface area contributed by atoms with Crippen molar-refractivity contribution in [3.05, 3.63) is 122 Å². The van der Waals surface area contributed by atoms with Crippen LogP contribution in [0.2, 0.25) is 5.02 Å². The van der Waals surface area contributed by atoms with Gasteiger partial charge in [0, 0.05) is 17.1 Å². The van der Waals surface area contributed by atoms with E-state index in [9.17, 15) is 14.4 Å². The Balaban J connectivity index is 1.68. The molecule has 184 valence electrons. The minimum absolute atomic E-state index is 0.0502. The number of benzene rings is 3. The first kappa shape index (κ1) is 23.3. The van der Waals surface area contributed by atoms with Crippen LogP contribution in [0.4, 0.5) is 5.69 Å². The standard InChI is InChI=1S/C30H23ClN2O4/c1-4-13-33-28(35)27-25(26(34)20-14-17(2)18(3)15-24(20)37-27)30(33)21-10-6-8-12-23(21)32(29(30)36)16-19-9-5-7-11-22(19)31/h4-12,14-15H,1,13,16H2,2-3H3. The molecule has 2 amide bonds. The smallest absolute Gasteiger partial charge is 0.291 e. The Morgan fingerprint density at radius 2 is 1.70 bits per heavy atom. The van der Waals surface area contributed by atoms with Crippen molar-refractivity contribution >= 4 is 40.1 Å². The molecule has 3 aromatic carbocycles. The zero-order valence-electron chi connectivity index (χ0n) is 20.4. The van der Waals surface area contributed by atoms with E-state index in [1.165, 1.54) is 4.90 Å². The maximum atomic E-state index is 14.6. The third-order valence-electron chi connectivity index (χ3n) is 7.45. The first-order valence-electron chi connectivity index (χ1n) is 12.0. The van der Waals surface area contributed by atoms with Gasteiger partial charge >= 0.3 is 0 Å². The van der Waals surface area contributed by atoms with Gasteiger partial charge in [0.1, 0.15) is 5.58 Å². The van der Waals surface area contributed by atoms with Gasteiger partial charge in [0.25, 0.3) is 11.8 Å². The molecule has 0 saturated carbocycles. The second kappa shape index (κ2) is 8.18. The maximum Gasteiger partial charge on any atom is 0.291 e. The highest BCUT2D eigenvalue weighted by atomic mass is 35.5. The van der Waals surface area contributed by atoms with Gasteiger partial charge in [-0.05, 0) is 54.8 Å². The number of para-hydroxylation sites is 1. The Bertz CT molecular complexity index is 1720. The molecule has 7 heteroatoms. The normalized spacial score (nSPS) is 18.1.